The monoisotopic (exact) mass is 271 g/mol. The van der Waals surface area contributed by atoms with E-state index in [1.165, 1.54) is 4.90 Å². The summed E-state index contributed by atoms with van der Waals surface area (Å²) < 4.78 is 5.84. The van der Waals surface area contributed by atoms with Crippen LogP contribution in [-0.2, 0) is 4.74 Å². The molecule has 0 saturated carbocycles. The van der Waals surface area contributed by atoms with E-state index in [9.17, 15) is 4.79 Å². The van der Waals surface area contributed by atoms with Gasteiger partial charge in [0.1, 0.15) is 6.10 Å². The molecular weight excluding hydrogens is 262 g/mol. The molecule has 1 amide bonds. The van der Waals surface area contributed by atoms with E-state index in [1.807, 2.05) is 24.3 Å². The van der Waals surface area contributed by atoms with E-state index in [4.69, 9.17) is 9.84 Å². The third kappa shape index (κ3) is 2.13. The van der Waals surface area contributed by atoms with Gasteiger partial charge in [0.05, 0.1) is 13.2 Å². The maximum Gasteiger partial charge on any atom is 0.414 e. The summed E-state index contributed by atoms with van der Waals surface area (Å²) in [7, 11) is 0. The molecule has 0 radical (unpaired) electrons. The van der Waals surface area contributed by atoms with Crippen molar-refractivity contribution < 1.29 is 14.6 Å². The molecule has 1 unspecified atom stereocenters. The van der Waals surface area contributed by atoms with Crippen molar-refractivity contribution in [3.63, 3.8) is 0 Å². The van der Waals surface area contributed by atoms with Crippen molar-refractivity contribution in [2.75, 3.05) is 18.1 Å². The predicted molar refractivity (Wildman–Crippen MR) is 58.8 cm³/mol. The smallest absolute Gasteiger partial charge is 0.414 e. The normalized spacial score (nSPS) is 20.5. The van der Waals surface area contributed by atoms with Crippen molar-refractivity contribution in [1.29, 1.82) is 0 Å². The number of amides is 1. The standard InChI is InChI=1S/C10H10BrNO3/c11-7-2-1-3-8(4-7)12-5-9(6-13)15-10(12)14/h1-4,9,13H,5-6H2. The Morgan fingerprint density at radius 2 is 2.40 bits per heavy atom. The van der Waals surface area contributed by atoms with Crippen molar-refractivity contribution in [2.24, 2.45) is 0 Å². The Hall–Kier alpha value is -1.07. The van der Waals surface area contributed by atoms with Crippen LogP contribution in [0.1, 0.15) is 0 Å². The highest BCUT2D eigenvalue weighted by molar-refractivity contribution is 9.10. The van der Waals surface area contributed by atoms with Crippen LogP contribution in [0.25, 0.3) is 0 Å². The predicted octanol–water partition coefficient (Wildman–Crippen LogP) is 1.77. The number of carbonyl (C=O) groups is 1. The number of hydrogen-bond acceptors (Lipinski definition) is 3. The zero-order valence-corrected chi connectivity index (χ0v) is 9.48. The molecule has 1 atom stereocenters. The Balaban J connectivity index is 2.21. The fourth-order valence-electron chi connectivity index (χ4n) is 1.47. The molecule has 1 fully saturated rings. The molecule has 5 heteroatoms. The minimum absolute atomic E-state index is 0.143. The van der Waals surface area contributed by atoms with Gasteiger partial charge >= 0.3 is 6.09 Å². The molecule has 0 bridgehead atoms. The minimum atomic E-state index is -0.420. The Morgan fingerprint density at radius 1 is 1.60 bits per heavy atom. The number of hydrogen-bond donors (Lipinski definition) is 1. The molecule has 15 heavy (non-hydrogen) atoms. The molecule has 1 aliphatic heterocycles. The number of nitrogens with zero attached hydrogens (tertiary/aromatic N) is 1. The van der Waals surface area contributed by atoms with Crippen LogP contribution < -0.4 is 4.90 Å². The summed E-state index contributed by atoms with van der Waals surface area (Å²) >= 11 is 3.33. The zero-order valence-electron chi connectivity index (χ0n) is 7.89. The topological polar surface area (TPSA) is 49.8 Å². The summed E-state index contributed by atoms with van der Waals surface area (Å²) in [6, 6.07) is 7.39. The maximum atomic E-state index is 11.4. The van der Waals surface area contributed by atoms with E-state index in [1.54, 1.807) is 0 Å². The van der Waals surface area contributed by atoms with Gasteiger partial charge in [-0.25, -0.2) is 4.79 Å². The van der Waals surface area contributed by atoms with Crippen molar-refractivity contribution >= 4 is 27.7 Å². The summed E-state index contributed by atoms with van der Waals surface area (Å²) in [5, 5.41) is 8.89. The molecule has 4 nitrogen and oxygen atoms in total. The molecule has 1 aromatic rings. The first kappa shape index (κ1) is 10.4. The van der Waals surface area contributed by atoms with Gasteiger partial charge in [0, 0.05) is 10.2 Å². The number of benzene rings is 1. The first-order valence-electron chi connectivity index (χ1n) is 4.55. The molecule has 80 valence electrons. The van der Waals surface area contributed by atoms with Crippen molar-refractivity contribution in [3.8, 4) is 0 Å². The molecule has 1 N–H and O–H groups in total. The molecule has 1 heterocycles. The highest BCUT2D eigenvalue weighted by Gasteiger charge is 2.31. The van der Waals surface area contributed by atoms with Crippen LogP contribution in [0.3, 0.4) is 0 Å². The fraction of sp³-hybridized carbons (Fsp3) is 0.300. The molecule has 1 aliphatic rings. The second-order valence-electron chi connectivity index (χ2n) is 3.28. The van der Waals surface area contributed by atoms with Crippen LogP contribution in [0.15, 0.2) is 28.7 Å². The number of halogens is 1. The summed E-state index contributed by atoms with van der Waals surface area (Å²) in [5.41, 5.74) is 0.769. The molecule has 0 spiro atoms. The lowest BCUT2D eigenvalue weighted by molar-refractivity contribution is 0.0963. The number of anilines is 1. The second kappa shape index (κ2) is 4.20. The fourth-order valence-corrected chi connectivity index (χ4v) is 1.86. The molecular formula is C10H10BrNO3. The average Bonchev–Trinajstić information content (AvgIpc) is 2.60. The first-order chi connectivity index (χ1) is 7.20. The summed E-state index contributed by atoms with van der Waals surface area (Å²) in [6.07, 6.45) is -0.830. The van der Waals surface area contributed by atoms with Gasteiger partial charge in [-0.15, -0.1) is 0 Å². The highest BCUT2D eigenvalue weighted by atomic mass is 79.9. The number of ether oxygens (including phenoxy) is 1. The molecule has 1 aromatic carbocycles. The Kier molecular flexibility index (Phi) is 2.93. The largest absolute Gasteiger partial charge is 0.441 e. The number of carbonyl (C=O) groups excluding carboxylic acids is 1. The molecule has 1 saturated heterocycles. The van der Waals surface area contributed by atoms with Gasteiger partial charge in [-0.3, -0.25) is 4.90 Å². The van der Waals surface area contributed by atoms with Crippen LogP contribution >= 0.6 is 15.9 Å². The van der Waals surface area contributed by atoms with Gasteiger partial charge in [0.25, 0.3) is 0 Å². The summed E-state index contributed by atoms with van der Waals surface area (Å²) in [4.78, 5) is 12.9. The third-order valence-electron chi connectivity index (χ3n) is 2.20. The van der Waals surface area contributed by atoms with E-state index < -0.39 is 12.2 Å². The van der Waals surface area contributed by atoms with Crippen LogP contribution in [0.4, 0.5) is 10.5 Å². The van der Waals surface area contributed by atoms with Gasteiger partial charge in [-0.2, -0.15) is 0 Å². The lowest BCUT2D eigenvalue weighted by Gasteiger charge is -2.12. The van der Waals surface area contributed by atoms with Gasteiger partial charge in [-0.1, -0.05) is 22.0 Å². The van der Waals surface area contributed by atoms with Gasteiger partial charge < -0.3 is 9.84 Å². The van der Waals surface area contributed by atoms with E-state index in [0.717, 1.165) is 10.2 Å². The van der Waals surface area contributed by atoms with Crippen molar-refractivity contribution in [1.82, 2.24) is 0 Å². The lowest BCUT2D eigenvalue weighted by Crippen LogP contribution is -2.25. The quantitative estimate of drug-likeness (QED) is 0.892. The van der Waals surface area contributed by atoms with E-state index in [0.29, 0.717) is 6.54 Å². The highest BCUT2D eigenvalue weighted by Crippen LogP contribution is 2.24. The Morgan fingerprint density at radius 3 is 3.00 bits per heavy atom. The molecule has 0 aromatic heterocycles. The number of cyclic esters (lactones) is 1. The van der Waals surface area contributed by atoms with Crippen LogP contribution in [0.2, 0.25) is 0 Å². The van der Waals surface area contributed by atoms with Crippen molar-refractivity contribution in [2.45, 2.75) is 6.10 Å². The summed E-state index contributed by atoms with van der Waals surface area (Å²) in [6.45, 7) is 0.252. The van der Waals surface area contributed by atoms with Crippen molar-refractivity contribution in [3.05, 3.63) is 28.7 Å². The summed E-state index contributed by atoms with van der Waals surface area (Å²) in [5.74, 6) is 0. The van der Waals surface area contributed by atoms with E-state index in [2.05, 4.69) is 15.9 Å². The molecule has 2 rings (SSSR count). The maximum absolute atomic E-state index is 11.4. The average molecular weight is 272 g/mol. The van der Waals surface area contributed by atoms with Gasteiger partial charge in [0.2, 0.25) is 0 Å². The van der Waals surface area contributed by atoms with E-state index in [-0.39, 0.29) is 6.61 Å². The SMILES string of the molecule is O=C1OC(CO)CN1c1cccc(Br)c1. The van der Waals surface area contributed by atoms with E-state index >= 15 is 0 Å². The first-order valence-corrected chi connectivity index (χ1v) is 5.34. The lowest BCUT2D eigenvalue weighted by atomic mass is 10.3. The van der Waals surface area contributed by atoms with Crippen LogP contribution in [-0.4, -0.2) is 30.5 Å². The number of rotatable bonds is 2. The van der Waals surface area contributed by atoms with Gasteiger partial charge in [0.15, 0.2) is 0 Å². The van der Waals surface area contributed by atoms with Gasteiger partial charge in [-0.05, 0) is 18.2 Å². The number of aliphatic hydroxyl groups excluding tert-OH is 1. The Labute approximate surface area is 95.6 Å². The number of aliphatic hydroxyl groups is 1. The minimum Gasteiger partial charge on any atom is -0.441 e. The zero-order chi connectivity index (χ0) is 10.8. The van der Waals surface area contributed by atoms with Crippen LogP contribution in [0, 0.1) is 0 Å². The third-order valence-corrected chi connectivity index (χ3v) is 2.69. The second-order valence-corrected chi connectivity index (χ2v) is 4.19. The van der Waals surface area contributed by atoms with Crippen LogP contribution in [0.5, 0.6) is 0 Å². The Bertz CT molecular complexity index is 383. The molecule has 0 aliphatic carbocycles.